The number of pyridine rings is 1. The molecule has 0 spiro atoms. The van der Waals surface area contributed by atoms with E-state index in [9.17, 15) is 9.18 Å². The highest BCUT2D eigenvalue weighted by Crippen LogP contribution is 2.55. The van der Waals surface area contributed by atoms with Crippen LogP contribution in [0.25, 0.3) is 0 Å². The van der Waals surface area contributed by atoms with E-state index in [1.807, 2.05) is 0 Å². The summed E-state index contributed by atoms with van der Waals surface area (Å²) < 4.78 is 30.3. The first-order valence-corrected chi connectivity index (χ1v) is 11.2. The highest BCUT2D eigenvalue weighted by atomic mass is 35.5. The molecule has 3 atom stereocenters. The predicted octanol–water partition coefficient (Wildman–Crippen LogP) is 4.00. The summed E-state index contributed by atoms with van der Waals surface area (Å²) in [7, 11) is 0. The van der Waals surface area contributed by atoms with Crippen LogP contribution < -0.4 is 15.4 Å². The van der Waals surface area contributed by atoms with Gasteiger partial charge in [0, 0.05) is 23.5 Å². The fourth-order valence-electron chi connectivity index (χ4n) is 4.68. The Balaban J connectivity index is 1.02. The summed E-state index contributed by atoms with van der Waals surface area (Å²) >= 11 is 11.5. The van der Waals surface area contributed by atoms with Crippen LogP contribution in [0.15, 0.2) is 36.5 Å². The zero-order valence-corrected chi connectivity index (χ0v) is 18.5. The molecule has 3 saturated carbocycles. The first-order chi connectivity index (χ1) is 15.4. The molecule has 3 aliphatic carbocycles. The van der Waals surface area contributed by atoms with Gasteiger partial charge in [-0.15, -0.1) is 0 Å². The van der Waals surface area contributed by atoms with Crippen LogP contribution in [0.2, 0.25) is 10.0 Å². The van der Waals surface area contributed by atoms with Crippen molar-refractivity contribution in [2.24, 2.45) is 11.8 Å². The van der Waals surface area contributed by atoms with Crippen LogP contribution in [0, 0.1) is 17.7 Å². The number of epoxide rings is 1. The van der Waals surface area contributed by atoms with Gasteiger partial charge < -0.3 is 24.8 Å². The Labute approximate surface area is 194 Å². The highest BCUT2D eigenvalue weighted by Gasteiger charge is 2.57. The first-order valence-electron chi connectivity index (χ1n) is 10.4. The van der Waals surface area contributed by atoms with Crippen LogP contribution in [0.1, 0.15) is 19.3 Å². The third-order valence-electron chi connectivity index (χ3n) is 6.24. The number of benzene rings is 1. The quantitative estimate of drug-likeness (QED) is 0.526. The maximum atomic E-state index is 13.5. The van der Waals surface area contributed by atoms with Crippen molar-refractivity contribution in [3.05, 3.63) is 52.4 Å². The van der Waals surface area contributed by atoms with Crippen molar-refractivity contribution >= 4 is 34.8 Å². The zero-order valence-electron chi connectivity index (χ0n) is 17.0. The van der Waals surface area contributed by atoms with E-state index in [1.165, 1.54) is 18.3 Å². The number of fused-ring (bicyclic) bond motifs is 1. The molecule has 1 aromatic heterocycles. The van der Waals surface area contributed by atoms with Gasteiger partial charge in [-0.3, -0.25) is 4.79 Å². The maximum absolute atomic E-state index is 13.5. The van der Waals surface area contributed by atoms with Crippen LogP contribution in [-0.2, 0) is 14.3 Å². The SMILES string of the molecule is O=C(COc1ccc(Cl)cn1)NC12CC(COC3OC3Nc3ccc(Cl)c(F)c3)C(C1)C2. The largest absolute Gasteiger partial charge is 0.468 e. The summed E-state index contributed by atoms with van der Waals surface area (Å²) in [6.45, 7) is 0.474. The Bertz CT molecular complexity index is 1000. The van der Waals surface area contributed by atoms with Crippen LogP contribution in [0.3, 0.4) is 0 Å². The van der Waals surface area contributed by atoms with Gasteiger partial charge in [0.2, 0.25) is 12.2 Å². The van der Waals surface area contributed by atoms with Crippen molar-refractivity contribution in [1.82, 2.24) is 10.3 Å². The molecule has 170 valence electrons. The smallest absolute Gasteiger partial charge is 0.258 e. The number of ether oxygens (including phenoxy) is 3. The lowest BCUT2D eigenvalue weighted by Crippen LogP contribution is -2.53. The second-order valence-corrected chi connectivity index (χ2v) is 9.44. The van der Waals surface area contributed by atoms with Gasteiger partial charge in [-0.25, -0.2) is 9.37 Å². The summed E-state index contributed by atoms with van der Waals surface area (Å²) in [5, 5.41) is 6.78. The van der Waals surface area contributed by atoms with Gasteiger partial charge in [0.1, 0.15) is 5.82 Å². The number of anilines is 1. The minimum atomic E-state index is -0.484. The van der Waals surface area contributed by atoms with Gasteiger partial charge in [-0.2, -0.15) is 0 Å². The Morgan fingerprint density at radius 1 is 1.25 bits per heavy atom. The van der Waals surface area contributed by atoms with Crippen molar-refractivity contribution in [2.45, 2.75) is 37.3 Å². The van der Waals surface area contributed by atoms with Crippen LogP contribution in [0.4, 0.5) is 10.1 Å². The molecule has 2 heterocycles. The fourth-order valence-corrected chi connectivity index (χ4v) is 4.91. The van der Waals surface area contributed by atoms with Crippen molar-refractivity contribution in [1.29, 1.82) is 0 Å². The van der Waals surface area contributed by atoms with Crippen molar-refractivity contribution in [3.63, 3.8) is 0 Å². The number of amides is 1. The molecule has 2 aromatic rings. The van der Waals surface area contributed by atoms with Gasteiger partial charge in [0.05, 0.1) is 16.7 Å². The van der Waals surface area contributed by atoms with Crippen LogP contribution >= 0.6 is 23.2 Å². The molecule has 10 heteroatoms. The van der Waals surface area contributed by atoms with E-state index in [2.05, 4.69) is 15.6 Å². The van der Waals surface area contributed by atoms with Gasteiger partial charge in [0.15, 0.2) is 12.8 Å². The van der Waals surface area contributed by atoms with E-state index in [4.69, 9.17) is 37.4 Å². The molecule has 0 radical (unpaired) electrons. The van der Waals surface area contributed by atoms with Gasteiger partial charge in [-0.05, 0) is 55.4 Å². The third-order valence-corrected chi connectivity index (χ3v) is 6.77. The molecular weight excluding hydrogens is 460 g/mol. The number of carbonyl (C=O) groups excluding carboxylic acids is 1. The molecule has 6 rings (SSSR count). The van der Waals surface area contributed by atoms with E-state index in [0.29, 0.717) is 35.0 Å². The van der Waals surface area contributed by atoms with Gasteiger partial charge in [0.25, 0.3) is 5.91 Å². The fraction of sp³-hybridized carbons (Fsp3) is 0.455. The van der Waals surface area contributed by atoms with E-state index < -0.39 is 5.82 Å². The number of nitrogens with one attached hydrogen (secondary N) is 2. The lowest BCUT2D eigenvalue weighted by molar-refractivity contribution is -0.126. The topological polar surface area (TPSA) is 85.0 Å². The third kappa shape index (κ3) is 4.78. The molecule has 4 fully saturated rings. The molecule has 1 saturated heterocycles. The Morgan fingerprint density at radius 2 is 2.09 bits per heavy atom. The highest BCUT2D eigenvalue weighted by molar-refractivity contribution is 6.30. The van der Waals surface area contributed by atoms with Gasteiger partial charge >= 0.3 is 0 Å². The number of aromatic nitrogens is 1. The molecule has 4 aliphatic rings. The second kappa shape index (κ2) is 8.67. The molecule has 1 aromatic carbocycles. The van der Waals surface area contributed by atoms with E-state index in [-0.39, 0.29) is 35.6 Å². The summed E-state index contributed by atoms with van der Waals surface area (Å²) in [6, 6.07) is 7.80. The lowest BCUT2D eigenvalue weighted by Gasteiger charge is -2.39. The summed E-state index contributed by atoms with van der Waals surface area (Å²) in [6.07, 6.45) is 3.57. The van der Waals surface area contributed by atoms with Crippen molar-refractivity contribution in [3.8, 4) is 5.88 Å². The molecule has 32 heavy (non-hydrogen) atoms. The Hall–Kier alpha value is -2.13. The minimum Gasteiger partial charge on any atom is -0.468 e. The Kier molecular flexibility index (Phi) is 5.88. The molecule has 1 aliphatic heterocycles. The monoisotopic (exact) mass is 481 g/mol. The van der Waals surface area contributed by atoms with Crippen LogP contribution in [0.5, 0.6) is 5.88 Å². The normalized spacial score (nSPS) is 29.8. The average molecular weight is 482 g/mol. The zero-order chi connectivity index (χ0) is 22.3. The van der Waals surface area contributed by atoms with Gasteiger partial charge in [-0.1, -0.05) is 23.2 Å². The number of rotatable bonds is 9. The molecule has 7 nitrogen and oxygen atoms in total. The predicted molar refractivity (Wildman–Crippen MR) is 116 cm³/mol. The minimum absolute atomic E-state index is 0.0783. The summed E-state index contributed by atoms with van der Waals surface area (Å²) in [4.78, 5) is 16.3. The molecule has 2 N–H and O–H groups in total. The lowest BCUT2D eigenvalue weighted by atomic mass is 9.76. The second-order valence-electron chi connectivity index (χ2n) is 8.60. The average Bonchev–Trinajstić information content (AvgIpc) is 3.26. The molecule has 2 bridgehead atoms. The van der Waals surface area contributed by atoms with E-state index in [1.54, 1.807) is 18.2 Å². The molecule has 1 amide bonds. The van der Waals surface area contributed by atoms with Crippen LogP contribution in [-0.4, -0.2) is 42.2 Å². The number of carbonyl (C=O) groups is 1. The number of hydrogen-bond acceptors (Lipinski definition) is 6. The Morgan fingerprint density at radius 3 is 2.84 bits per heavy atom. The van der Waals surface area contributed by atoms with E-state index in [0.717, 1.165) is 19.3 Å². The number of nitrogens with zero attached hydrogens (tertiary/aromatic N) is 1. The van der Waals surface area contributed by atoms with Crippen molar-refractivity contribution < 1.29 is 23.4 Å². The first kappa shape index (κ1) is 21.7. The maximum Gasteiger partial charge on any atom is 0.258 e. The summed E-state index contributed by atoms with van der Waals surface area (Å²) in [5.41, 5.74) is 0.416. The standard InChI is InChI=1S/C22H22Cl2FN3O4/c23-14-1-4-19(26-9-14)30-11-18(29)28-22-6-12(7-22)13(8-22)10-31-21-20(32-21)27-15-2-3-16(24)17(25)5-15/h1-5,9,12-13,20-21,27H,6-8,10-11H2,(H,28,29). The van der Waals surface area contributed by atoms with Crippen molar-refractivity contribution in [2.75, 3.05) is 18.5 Å². The number of halogens is 3. The molecular formula is C22H22Cl2FN3O4. The number of hydrogen-bond donors (Lipinski definition) is 2. The molecule has 3 unspecified atom stereocenters. The van der Waals surface area contributed by atoms with E-state index >= 15 is 0 Å². The summed E-state index contributed by atoms with van der Waals surface area (Å²) in [5.74, 6) is 0.617.